The van der Waals surface area contributed by atoms with E-state index in [1.807, 2.05) is 23.1 Å². The molecule has 1 aromatic carbocycles. The molecule has 130 valence electrons. The lowest BCUT2D eigenvalue weighted by atomic mass is 9.94. The number of piperidine rings is 1. The van der Waals surface area contributed by atoms with E-state index in [4.69, 9.17) is 11.6 Å². The van der Waals surface area contributed by atoms with Crippen LogP contribution in [0.2, 0.25) is 5.02 Å². The number of piperazine rings is 1. The van der Waals surface area contributed by atoms with Crippen molar-refractivity contribution in [2.45, 2.75) is 19.4 Å². The highest BCUT2D eigenvalue weighted by molar-refractivity contribution is 6.30. The topological polar surface area (TPSA) is 43.9 Å². The molecule has 2 saturated heterocycles. The smallest absolute Gasteiger partial charge is 0.226 e. The molecule has 2 aliphatic rings. The fourth-order valence-electron chi connectivity index (χ4n) is 3.43. The number of rotatable bonds is 3. The number of amides is 2. The van der Waals surface area contributed by atoms with Crippen LogP contribution in [0, 0.1) is 5.92 Å². The summed E-state index contributed by atoms with van der Waals surface area (Å²) in [5.41, 5.74) is 1.20. The highest BCUT2D eigenvalue weighted by Gasteiger charge is 2.32. The van der Waals surface area contributed by atoms with Crippen molar-refractivity contribution in [2.75, 3.05) is 39.8 Å². The molecule has 5 nitrogen and oxygen atoms in total. The van der Waals surface area contributed by atoms with Crippen LogP contribution in [0.4, 0.5) is 0 Å². The highest BCUT2D eigenvalue weighted by atomic mass is 35.5. The molecule has 2 fully saturated rings. The summed E-state index contributed by atoms with van der Waals surface area (Å²) in [6.45, 7) is 4.73. The number of likely N-dealkylation sites (tertiary alicyclic amines) is 1. The Morgan fingerprint density at radius 3 is 2.62 bits per heavy atom. The van der Waals surface area contributed by atoms with Gasteiger partial charge in [0.2, 0.25) is 11.8 Å². The lowest BCUT2D eigenvalue weighted by Crippen LogP contribution is -2.51. The number of hydrogen-bond acceptors (Lipinski definition) is 3. The first-order valence-corrected chi connectivity index (χ1v) is 8.90. The minimum absolute atomic E-state index is 0.0826. The van der Waals surface area contributed by atoms with Crippen LogP contribution in [0.5, 0.6) is 0 Å². The average molecular weight is 350 g/mol. The molecule has 0 aliphatic carbocycles. The third kappa shape index (κ3) is 4.08. The van der Waals surface area contributed by atoms with E-state index in [9.17, 15) is 9.59 Å². The Labute approximate surface area is 148 Å². The molecule has 0 spiro atoms. The van der Waals surface area contributed by atoms with Crippen molar-refractivity contribution in [3.05, 3.63) is 34.9 Å². The number of nitrogens with zero attached hydrogens (tertiary/aromatic N) is 3. The van der Waals surface area contributed by atoms with Crippen molar-refractivity contribution >= 4 is 23.4 Å². The molecule has 2 aliphatic heterocycles. The van der Waals surface area contributed by atoms with Gasteiger partial charge in [0.25, 0.3) is 0 Å². The number of hydrogen-bond donors (Lipinski definition) is 0. The van der Waals surface area contributed by atoms with Crippen LogP contribution < -0.4 is 0 Å². The standard InChI is InChI=1S/C18H24ClN3O2/c1-20-6-5-15(12-17(20)23)18(24)22-9-7-21(8-10-22)13-14-3-2-4-16(19)11-14/h2-4,11,15H,5-10,12-13H2,1H3/t15-/m0/s1. The first-order valence-electron chi connectivity index (χ1n) is 8.52. The quantitative estimate of drug-likeness (QED) is 0.836. The van der Waals surface area contributed by atoms with Crippen molar-refractivity contribution in [1.82, 2.24) is 14.7 Å². The van der Waals surface area contributed by atoms with Gasteiger partial charge in [-0.2, -0.15) is 0 Å². The molecule has 6 heteroatoms. The summed E-state index contributed by atoms with van der Waals surface area (Å²) in [7, 11) is 1.80. The summed E-state index contributed by atoms with van der Waals surface area (Å²) in [5.74, 6) is 0.103. The second-order valence-corrected chi connectivity index (χ2v) is 7.17. The maximum absolute atomic E-state index is 12.6. The fraction of sp³-hybridized carbons (Fsp3) is 0.556. The third-order valence-corrected chi connectivity index (χ3v) is 5.22. The minimum atomic E-state index is -0.131. The van der Waals surface area contributed by atoms with Gasteiger partial charge in [-0.25, -0.2) is 0 Å². The summed E-state index contributed by atoms with van der Waals surface area (Å²) in [6.07, 6.45) is 1.14. The monoisotopic (exact) mass is 349 g/mol. The molecular formula is C18H24ClN3O2. The third-order valence-electron chi connectivity index (χ3n) is 4.99. The van der Waals surface area contributed by atoms with Gasteiger partial charge in [0.15, 0.2) is 0 Å². The van der Waals surface area contributed by atoms with Crippen LogP contribution in [0.15, 0.2) is 24.3 Å². The zero-order valence-corrected chi connectivity index (χ0v) is 14.8. The van der Waals surface area contributed by atoms with Crippen molar-refractivity contribution in [2.24, 2.45) is 5.92 Å². The number of carbonyl (C=O) groups is 2. The number of carbonyl (C=O) groups excluding carboxylic acids is 2. The predicted octanol–water partition coefficient (Wildman–Crippen LogP) is 1.85. The van der Waals surface area contributed by atoms with Gasteiger partial charge in [-0.1, -0.05) is 23.7 Å². The molecule has 0 unspecified atom stereocenters. The Balaban J connectivity index is 1.49. The first kappa shape index (κ1) is 17.2. The van der Waals surface area contributed by atoms with E-state index < -0.39 is 0 Å². The Hall–Kier alpha value is -1.59. The van der Waals surface area contributed by atoms with E-state index in [0.717, 1.165) is 44.2 Å². The summed E-state index contributed by atoms with van der Waals surface area (Å²) < 4.78 is 0. The first-order chi connectivity index (χ1) is 11.5. The molecule has 24 heavy (non-hydrogen) atoms. The molecule has 0 aromatic heterocycles. The van der Waals surface area contributed by atoms with Gasteiger partial charge in [-0.15, -0.1) is 0 Å². The van der Waals surface area contributed by atoms with Crippen LogP contribution in [-0.2, 0) is 16.1 Å². The van der Waals surface area contributed by atoms with E-state index in [1.54, 1.807) is 11.9 Å². The Morgan fingerprint density at radius 2 is 1.96 bits per heavy atom. The highest BCUT2D eigenvalue weighted by Crippen LogP contribution is 2.21. The molecule has 0 N–H and O–H groups in total. The maximum atomic E-state index is 12.6. The molecule has 0 radical (unpaired) electrons. The van der Waals surface area contributed by atoms with Crippen molar-refractivity contribution < 1.29 is 9.59 Å². The lowest BCUT2D eigenvalue weighted by molar-refractivity contribution is -0.145. The normalized spacial score (nSPS) is 22.8. The zero-order chi connectivity index (χ0) is 17.1. The molecule has 1 aromatic rings. The van der Waals surface area contributed by atoms with E-state index in [2.05, 4.69) is 11.0 Å². The SMILES string of the molecule is CN1CC[C@H](C(=O)N2CCN(Cc3cccc(Cl)c3)CC2)CC1=O. The van der Waals surface area contributed by atoms with Crippen molar-refractivity contribution in [3.63, 3.8) is 0 Å². The summed E-state index contributed by atoms with van der Waals surface area (Å²) in [6, 6.07) is 7.91. The summed E-state index contributed by atoms with van der Waals surface area (Å²) in [5, 5.41) is 0.758. The van der Waals surface area contributed by atoms with E-state index >= 15 is 0 Å². The fourth-order valence-corrected chi connectivity index (χ4v) is 3.64. The number of halogens is 1. The Bertz CT molecular complexity index is 614. The van der Waals surface area contributed by atoms with Gasteiger partial charge in [0, 0.05) is 63.7 Å². The van der Waals surface area contributed by atoms with E-state index in [0.29, 0.717) is 13.0 Å². The van der Waals surface area contributed by atoms with E-state index in [1.165, 1.54) is 5.56 Å². The molecular weight excluding hydrogens is 326 g/mol. The van der Waals surface area contributed by atoms with E-state index in [-0.39, 0.29) is 17.7 Å². The molecule has 0 bridgehead atoms. The predicted molar refractivity (Wildman–Crippen MR) is 93.7 cm³/mol. The molecule has 2 amide bonds. The van der Waals surface area contributed by atoms with Gasteiger partial charge >= 0.3 is 0 Å². The summed E-state index contributed by atoms with van der Waals surface area (Å²) >= 11 is 6.03. The lowest BCUT2D eigenvalue weighted by Gasteiger charge is -2.38. The maximum Gasteiger partial charge on any atom is 0.226 e. The Morgan fingerprint density at radius 1 is 1.21 bits per heavy atom. The summed E-state index contributed by atoms with van der Waals surface area (Å²) in [4.78, 5) is 30.4. The van der Waals surface area contributed by atoms with Crippen LogP contribution in [-0.4, -0.2) is 66.3 Å². The number of benzene rings is 1. The Kier molecular flexibility index (Phi) is 5.41. The van der Waals surface area contributed by atoms with Crippen LogP contribution in [0.25, 0.3) is 0 Å². The zero-order valence-electron chi connectivity index (χ0n) is 14.1. The van der Waals surface area contributed by atoms with Gasteiger partial charge in [-0.05, 0) is 24.1 Å². The van der Waals surface area contributed by atoms with Gasteiger partial charge in [0.05, 0.1) is 0 Å². The second kappa shape index (κ2) is 7.53. The average Bonchev–Trinajstić information content (AvgIpc) is 2.57. The van der Waals surface area contributed by atoms with Crippen molar-refractivity contribution in [1.29, 1.82) is 0 Å². The van der Waals surface area contributed by atoms with Gasteiger partial charge in [0.1, 0.15) is 0 Å². The molecule has 0 saturated carbocycles. The molecule has 2 heterocycles. The second-order valence-electron chi connectivity index (χ2n) is 6.74. The largest absolute Gasteiger partial charge is 0.346 e. The minimum Gasteiger partial charge on any atom is -0.346 e. The van der Waals surface area contributed by atoms with Crippen LogP contribution >= 0.6 is 11.6 Å². The van der Waals surface area contributed by atoms with Gasteiger partial charge < -0.3 is 9.80 Å². The van der Waals surface area contributed by atoms with Crippen LogP contribution in [0.3, 0.4) is 0 Å². The van der Waals surface area contributed by atoms with Crippen molar-refractivity contribution in [3.8, 4) is 0 Å². The molecule has 1 atom stereocenters. The van der Waals surface area contributed by atoms with Gasteiger partial charge in [-0.3, -0.25) is 14.5 Å². The van der Waals surface area contributed by atoms with Crippen LogP contribution in [0.1, 0.15) is 18.4 Å². The molecule has 3 rings (SSSR count).